The molecule has 1 N–H and O–H groups in total. The number of hydrogen-bond acceptors (Lipinski definition) is 2. The van der Waals surface area contributed by atoms with E-state index in [4.69, 9.17) is 9.53 Å². The van der Waals surface area contributed by atoms with Gasteiger partial charge in [-0.3, -0.25) is 0 Å². The van der Waals surface area contributed by atoms with Crippen LogP contribution in [0.5, 0.6) is 0 Å². The zero-order valence-electron chi connectivity index (χ0n) is 11.1. The molecule has 0 aromatic heterocycles. The molecule has 15 heavy (non-hydrogen) atoms. The summed E-state index contributed by atoms with van der Waals surface area (Å²) in [4.78, 5) is 0. The highest BCUT2D eigenvalue weighted by Gasteiger charge is 2.36. The molecular formula is C12H26O2Si. The van der Waals surface area contributed by atoms with E-state index in [9.17, 15) is 0 Å². The molecule has 3 heteroatoms. The molecule has 0 saturated heterocycles. The van der Waals surface area contributed by atoms with Gasteiger partial charge in [-0.1, -0.05) is 33.8 Å². The van der Waals surface area contributed by atoms with Crippen LogP contribution >= 0.6 is 0 Å². The predicted octanol–water partition coefficient (Wildman–Crippen LogP) is 3.34. The number of aliphatic hydroxyl groups excluding tert-OH is 1. The monoisotopic (exact) mass is 230 g/mol. The Morgan fingerprint density at radius 1 is 1.33 bits per heavy atom. The number of aliphatic hydroxyl groups is 1. The van der Waals surface area contributed by atoms with Crippen molar-refractivity contribution in [1.82, 2.24) is 0 Å². The summed E-state index contributed by atoms with van der Waals surface area (Å²) in [5, 5.41) is 9.09. The van der Waals surface area contributed by atoms with Gasteiger partial charge in [0.05, 0.1) is 13.2 Å². The summed E-state index contributed by atoms with van der Waals surface area (Å²) in [6.45, 7) is 14.1. The molecule has 0 saturated carbocycles. The maximum atomic E-state index is 8.84. The lowest BCUT2D eigenvalue weighted by atomic mass is 10.2. The van der Waals surface area contributed by atoms with Gasteiger partial charge in [-0.15, -0.1) is 0 Å². The molecule has 0 aromatic rings. The first kappa shape index (κ1) is 14.9. The molecular weight excluding hydrogens is 204 g/mol. The summed E-state index contributed by atoms with van der Waals surface area (Å²) >= 11 is 0. The van der Waals surface area contributed by atoms with Crippen molar-refractivity contribution in [3.8, 4) is 0 Å². The van der Waals surface area contributed by atoms with Crippen LogP contribution in [-0.2, 0) is 4.43 Å². The Morgan fingerprint density at radius 3 is 2.20 bits per heavy atom. The van der Waals surface area contributed by atoms with Crippen molar-refractivity contribution in [3.05, 3.63) is 11.6 Å². The second kappa shape index (κ2) is 5.82. The lowest BCUT2D eigenvalue weighted by molar-refractivity contribution is 0.308. The van der Waals surface area contributed by atoms with Gasteiger partial charge in [0.1, 0.15) is 0 Å². The van der Waals surface area contributed by atoms with Crippen LogP contribution in [0.15, 0.2) is 11.6 Å². The number of rotatable bonds is 5. The summed E-state index contributed by atoms with van der Waals surface area (Å²) in [6, 6.07) is 0. The Labute approximate surface area is 95.5 Å². The van der Waals surface area contributed by atoms with Gasteiger partial charge in [0.15, 0.2) is 8.32 Å². The van der Waals surface area contributed by atoms with Crippen molar-refractivity contribution in [3.63, 3.8) is 0 Å². The summed E-state index contributed by atoms with van der Waals surface area (Å²) in [5.41, 5.74) is 1.20. The molecule has 0 spiro atoms. The molecule has 0 atom stereocenters. The van der Waals surface area contributed by atoms with Crippen molar-refractivity contribution in [1.29, 1.82) is 0 Å². The van der Waals surface area contributed by atoms with E-state index in [-0.39, 0.29) is 11.6 Å². The molecule has 0 aliphatic carbocycles. The van der Waals surface area contributed by atoms with Crippen LogP contribution in [0, 0.1) is 0 Å². The van der Waals surface area contributed by atoms with Gasteiger partial charge in [-0.05, 0) is 30.1 Å². The van der Waals surface area contributed by atoms with Gasteiger partial charge in [0.2, 0.25) is 0 Å². The molecule has 0 rings (SSSR count). The van der Waals surface area contributed by atoms with Crippen molar-refractivity contribution < 1.29 is 9.53 Å². The van der Waals surface area contributed by atoms with E-state index in [1.807, 2.05) is 6.08 Å². The average molecular weight is 230 g/mol. The van der Waals surface area contributed by atoms with Crippen LogP contribution in [0.2, 0.25) is 18.1 Å². The molecule has 0 aromatic carbocycles. The molecule has 0 radical (unpaired) electrons. The Morgan fingerprint density at radius 2 is 1.87 bits per heavy atom. The van der Waals surface area contributed by atoms with Crippen molar-refractivity contribution in [2.75, 3.05) is 13.2 Å². The quantitative estimate of drug-likeness (QED) is 0.580. The highest BCUT2D eigenvalue weighted by molar-refractivity contribution is 6.74. The Balaban J connectivity index is 4.31. The second-order valence-electron chi connectivity index (χ2n) is 5.45. The fourth-order valence-electron chi connectivity index (χ4n) is 0.924. The first-order chi connectivity index (χ1) is 6.74. The van der Waals surface area contributed by atoms with Crippen molar-refractivity contribution in [2.45, 2.75) is 52.2 Å². The van der Waals surface area contributed by atoms with Crippen LogP contribution in [0.4, 0.5) is 0 Å². The third-order valence-electron chi connectivity index (χ3n) is 3.26. The summed E-state index contributed by atoms with van der Waals surface area (Å²) < 4.78 is 6.06. The third-order valence-corrected chi connectivity index (χ3v) is 7.74. The van der Waals surface area contributed by atoms with E-state index < -0.39 is 8.32 Å². The van der Waals surface area contributed by atoms with Crippen LogP contribution in [0.1, 0.15) is 34.1 Å². The summed E-state index contributed by atoms with van der Waals surface area (Å²) in [7, 11) is -1.64. The molecule has 0 unspecified atom stereocenters. The fraction of sp³-hybridized carbons (Fsp3) is 0.833. The zero-order chi connectivity index (χ0) is 12.1. The Kier molecular flexibility index (Phi) is 5.78. The van der Waals surface area contributed by atoms with Gasteiger partial charge in [-0.2, -0.15) is 0 Å². The molecule has 0 heterocycles. The van der Waals surface area contributed by atoms with Gasteiger partial charge >= 0.3 is 0 Å². The van der Waals surface area contributed by atoms with Crippen molar-refractivity contribution in [2.24, 2.45) is 0 Å². The van der Waals surface area contributed by atoms with E-state index in [0.29, 0.717) is 6.61 Å². The zero-order valence-corrected chi connectivity index (χ0v) is 12.1. The van der Waals surface area contributed by atoms with Gasteiger partial charge in [0.25, 0.3) is 0 Å². The molecule has 0 aliphatic heterocycles. The third kappa shape index (κ3) is 4.95. The second-order valence-corrected chi connectivity index (χ2v) is 10.3. The lowest BCUT2D eigenvalue weighted by Gasteiger charge is -2.36. The van der Waals surface area contributed by atoms with Crippen LogP contribution < -0.4 is 0 Å². The van der Waals surface area contributed by atoms with Gasteiger partial charge < -0.3 is 9.53 Å². The number of hydrogen-bond donors (Lipinski definition) is 1. The maximum Gasteiger partial charge on any atom is 0.192 e. The Bertz CT molecular complexity index is 214. The van der Waals surface area contributed by atoms with E-state index >= 15 is 0 Å². The predicted molar refractivity (Wildman–Crippen MR) is 68.6 cm³/mol. The smallest absolute Gasteiger partial charge is 0.192 e. The molecule has 90 valence electrons. The molecule has 0 bridgehead atoms. The van der Waals surface area contributed by atoms with Gasteiger partial charge in [0, 0.05) is 0 Å². The van der Waals surface area contributed by atoms with E-state index in [1.165, 1.54) is 5.57 Å². The van der Waals surface area contributed by atoms with E-state index in [1.54, 1.807) is 0 Å². The molecule has 2 nitrogen and oxygen atoms in total. The van der Waals surface area contributed by atoms with Crippen LogP contribution in [0.3, 0.4) is 0 Å². The molecule has 0 aliphatic rings. The van der Waals surface area contributed by atoms with Crippen molar-refractivity contribution >= 4 is 8.32 Å². The topological polar surface area (TPSA) is 29.5 Å². The first-order valence-electron chi connectivity index (χ1n) is 5.67. The summed E-state index contributed by atoms with van der Waals surface area (Å²) in [5.74, 6) is 0. The van der Waals surface area contributed by atoms with Crippen LogP contribution in [0.25, 0.3) is 0 Å². The summed E-state index contributed by atoms with van der Waals surface area (Å²) in [6.07, 6.45) is 2.81. The van der Waals surface area contributed by atoms with E-state index in [0.717, 1.165) is 6.42 Å². The normalized spacial score (nSPS) is 14.5. The Hall–Kier alpha value is -0.123. The standard InChI is InChI=1S/C12H26O2Si/c1-7-11(8-9-13)10-14-15(5,6)12(2,3)4/h8,13H,7,9-10H2,1-6H3. The van der Waals surface area contributed by atoms with Crippen LogP contribution in [-0.4, -0.2) is 26.6 Å². The minimum Gasteiger partial charge on any atom is -0.413 e. The molecule has 0 fully saturated rings. The first-order valence-corrected chi connectivity index (χ1v) is 8.58. The minimum atomic E-state index is -1.64. The average Bonchev–Trinajstić information content (AvgIpc) is 2.10. The minimum absolute atomic E-state index is 0.115. The molecule has 0 amide bonds. The highest BCUT2D eigenvalue weighted by atomic mass is 28.4. The fourth-order valence-corrected chi connectivity index (χ4v) is 1.90. The highest BCUT2D eigenvalue weighted by Crippen LogP contribution is 2.36. The largest absolute Gasteiger partial charge is 0.413 e. The van der Waals surface area contributed by atoms with E-state index in [2.05, 4.69) is 40.8 Å². The van der Waals surface area contributed by atoms with Gasteiger partial charge in [-0.25, -0.2) is 0 Å². The SMILES string of the molecule is CCC(=CCO)CO[Si](C)(C)C(C)(C)C. The maximum absolute atomic E-state index is 8.84. The lowest BCUT2D eigenvalue weighted by Crippen LogP contribution is -2.41.